The van der Waals surface area contributed by atoms with Gasteiger partial charge in [-0.2, -0.15) is 0 Å². The molecule has 0 amide bonds. The van der Waals surface area contributed by atoms with Crippen molar-refractivity contribution in [3.05, 3.63) is 42.8 Å². The minimum atomic E-state index is 0.817. The van der Waals surface area contributed by atoms with Crippen molar-refractivity contribution in [2.75, 3.05) is 7.11 Å². The SMILES string of the molecule is [CH2]C/C=C/c1cccc(OC)c1. The molecule has 0 fully saturated rings. The average Bonchev–Trinajstić information content (AvgIpc) is 2.15. The summed E-state index contributed by atoms with van der Waals surface area (Å²) in [6.07, 6.45) is 4.88. The number of ether oxygens (including phenoxy) is 1. The Morgan fingerprint density at radius 3 is 3.00 bits per heavy atom. The van der Waals surface area contributed by atoms with Crippen molar-refractivity contribution in [3.63, 3.8) is 0 Å². The van der Waals surface area contributed by atoms with Gasteiger partial charge in [0, 0.05) is 0 Å². The quantitative estimate of drug-likeness (QED) is 0.662. The van der Waals surface area contributed by atoms with Crippen LogP contribution in [0.2, 0.25) is 0 Å². The lowest BCUT2D eigenvalue weighted by atomic mass is 10.2. The number of hydrogen-bond acceptors (Lipinski definition) is 1. The maximum Gasteiger partial charge on any atom is 0.119 e. The maximum atomic E-state index is 5.09. The van der Waals surface area contributed by atoms with Crippen LogP contribution < -0.4 is 4.74 Å². The van der Waals surface area contributed by atoms with Gasteiger partial charge in [-0.05, 0) is 31.0 Å². The molecule has 0 aromatic heterocycles. The zero-order valence-corrected chi connectivity index (χ0v) is 7.29. The van der Waals surface area contributed by atoms with E-state index in [1.54, 1.807) is 7.11 Å². The van der Waals surface area contributed by atoms with E-state index in [-0.39, 0.29) is 0 Å². The monoisotopic (exact) mass is 161 g/mol. The normalized spacial score (nSPS) is 10.5. The van der Waals surface area contributed by atoms with Crippen molar-refractivity contribution in [1.29, 1.82) is 0 Å². The number of hydrogen-bond donors (Lipinski definition) is 0. The van der Waals surface area contributed by atoms with Crippen molar-refractivity contribution in [1.82, 2.24) is 0 Å². The number of benzene rings is 1. The molecular formula is C11H13O. The molecule has 0 aliphatic carbocycles. The highest BCUT2D eigenvalue weighted by Gasteiger charge is 1.89. The Balaban J connectivity index is 2.79. The highest BCUT2D eigenvalue weighted by Crippen LogP contribution is 2.13. The van der Waals surface area contributed by atoms with Crippen molar-refractivity contribution in [2.24, 2.45) is 0 Å². The lowest BCUT2D eigenvalue weighted by Crippen LogP contribution is -1.81. The fourth-order valence-corrected chi connectivity index (χ4v) is 0.965. The second-order valence-electron chi connectivity index (χ2n) is 2.47. The summed E-state index contributed by atoms with van der Waals surface area (Å²) < 4.78 is 5.09. The Morgan fingerprint density at radius 1 is 1.50 bits per heavy atom. The van der Waals surface area contributed by atoms with Gasteiger partial charge < -0.3 is 4.74 Å². The van der Waals surface area contributed by atoms with Gasteiger partial charge in [-0.15, -0.1) is 0 Å². The van der Waals surface area contributed by atoms with Gasteiger partial charge in [-0.1, -0.05) is 24.3 Å². The Labute approximate surface area is 73.7 Å². The van der Waals surface area contributed by atoms with Gasteiger partial charge in [0.1, 0.15) is 5.75 Å². The number of methoxy groups -OCH3 is 1. The molecule has 1 rings (SSSR count). The average molecular weight is 161 g/mol. The molecule has 0 unspecified atom stereocenters. The first-order chi connectivity index (χ1) is 5.86. The van der Waals surface area contributed by atoms with E-state index in [4.69, 9.17) is 4.74 Å². The number of allylic oxidation sites excluding steroid dienone is 1. The van der Waals surface area contributed by atoms with Crippen LogP contribution in [0.4, 0.5) is 0 Å². The van der Waals surface area contributed by atoms with Crippen LogP contribution in [0.25, 0.3) is 6.08 Å². The molecule has 1 aromatic rings. The van der Waals surface area contributed by atoms with Crippen molar-refractivity contribution in [2.45, 2.75) is 6.42 Å². The standard InChI is InChI=1S/C11H13O/c1-3-4-6-10-7-5-8-11(9-10)12-2/h4-9H,1,3H2,2H3/b6-4+. The highest BCUT2D eigenvalue weighted by atomic mass is 16.5. The van der Waals surface area contributed by atoms with Gasteiger partial charge in [0.05, 0.1) is 7.11 Å². The first-order valence-electron chi connectivity index (χ1n) is 3.96. The molecule has 1 aromatic carbocycles. The van der Waals surface area contributed by atoms with Crippen LogP contribution in [0.1, 0.15) is 12.0 Å². The van der Waals surface area contributed by atoms with Gasteiger partial charge >= 0.3 is 0 Å². The first-order valence-corrected chi connectivity index (χ1v) is 3.96. The molecule has 0 saturated carbocycles. The van der Waals surface area contributed by atoms with Crippen LogP contribution in [0, 0.1) is 6.92 Å². The second-order valence-corrected chi connectivity index (χ2v) is 2.47. The van der Waals surface area contributed by atoms with Crippen molar-refractivity contribution < 1.29 is 4.74 Å². The molecule has 0 heterocycles. The molecule has 0 aliphatic rings. The van der Waals surface area contributed by atoms with E-state index in [2.05, 4.69) is 6.92 Å². The van der Waals surface area contributed by atoms with E-state index in [1.165, 1.54) is 0 Å². The molecular weight excluding hydrogens is 148 g/mol. The van der Waals surface area contributed by atoms with Crippen LogP contribution in [0.5, 0.6) is 5.75 Å². The van der Waals surface area contributed by atoms with Gasteiger partial charge in [0.15, 0.2) is 0 Å². The summed E-state index contributed by atoms with van der Waals surface area (Å²) in [5, 5.41) is 0. The van der Waals surface area contributed by atoms with Crippen LogP contribution in [-0.4, -0.2) is 7.11 Å². The summed E-state index contributed by atoms with van der Waals surface area (Å²) >= 11 is 0. The topological polar surface area (TPSA) is 9.23 Å². The van der Waals surface area contributed by atoms with E-state index in [9.17, 15) is 0 Å². The molecule has 0 atom stereocenters. The third-order valence-corrected chi connectivity index (χ3v) is 1.57. The van der Waals surface area contributed by atoms with E-state index in [0.29, 0.717) is 0 Å². The third kappa shape index (κ3) is 2.42. The lowest BCUT2D eigenvalue weighted by molar-refractivity contribution is 0.414. The van der Waals surface area contributed by atoms with Crippen molar-refractivity contribution in [3.8, 4) is 5.75 Å². The predicted octanol–water partition coefficient (Wildman–Crippen LogP) is 2.93. The summed E-state index contributed by atoms with van der Waals surface area (Å²) in [6.45, 7) is 3.73. The molecule has 1 radical (unpaired) electrons. The van der Waals surface area contributed by atoms with E-state index < -0.39 is 0 Å². The third-order valence-electron chi connectivity index (χ3n) is 1.57. The van der Waals surface area contributed by atoms with Gasteiger partial charge in [-0.3, -0.25) is 0 Å². The minimum absolute atomic E-state index is 0.817. The molecule has 63 valence electrons. The van der Waals surface area contributed by atoms with E-state index in [0.717, 1.165) is 17.7 Å². The van der Waals surface area contributed by atoms with Crippen LogP contribution in [0.3, 0.4) is 0 Å². The maximum absolute atomic E-state index is 5.09. The summed E-state index contributed by atoms with van der Waals surface area (Å²) in [6, 6.07) is 7.93. The van der Waals surface area contributed by atoms with E-state index >= 15 is 0 Å². The molecule has 0 aliphatic heterocycles. The fourth-order valence-electron chi connectivity index (χ4n) is 0.965. The molecule has 0 spiro atoms. The minimum Gasteiger partial charge on any atom is -0.497 e. The molecule has 0 N–H and O–H groups in total. The van der Waals surface area contributed by atoms with Gasteiger partial charge in [-0.25, -0.2) is 0 Å². The Kier molecular flexibility index (Phi) is 3.39. The predicted molar refractivity (Wildman–Crippen MR) is 52.0 cm³/mol. The molecule has 0 saturated heterocycles. The summed E-state index contributed by atoms with van der Waals surface area (Å²) in [4.78, 5) is 0. The molecule has 0 bridgehead atoms. The highest BCUT2D eigenvalue weighted by molar-refractivity contribution is 5.51. The summed E-state index contributed by atoms with van der Waals surface area (Å²) in [7, 11) is 1.67. The van der Waals surface area contributed by atoms with E-state index in [1.807, 2.05) is 36.4 Å². The van der Waals surface area contributed by atoms with Crippen LogP contribution in [0.15, 0.2) is 30.3 Å². The van der Waals surface area contributed by atoms with Crippen molar-refractivity contribution >= 4 is 6.08 Å². The Bertz CT molecular complexity index is 263. The van der Waals surface area contributed by atoms with Gasteiger partial charge in [0.25, 0.3) is 0 Å². The van der Waals surface area contributed by atoms with Crippen LogP contribution >= 0.6 is 0 Å². The second kappa shape index (κ2) is 4.60. The fraction of sp³-hybridized carbons (Fsp3) is 0.182. The van der Waals surface area contributed by atoms with Gasteiger partial charge in [0.2, 0.25) is 0 Å². The Morgan fingerprint density at radius 2 is 2.33 bits per heavy atom. The summed E-state index contributed by atoms with van der Waals surface area (Å²) in [5.74, 6) is 0.890. The Hall–Kier alpha value is -1.24. The molecule has 12 heavy (non-hydrogen) atoms. The largest absolute Gasteiger partial charge is 0.497 e. The molecule has 1 heteroatoms. The summed E-state index contributed by atoms with van der Waals surface area (Å²) in [5.41, 5.74) is 1.15. The number of rotatable bonds is 3. The lowest BCUT2D eigenvalue weighted by Gasteiger charge is -1.99. The zero-order valence-electron chi connectivity index (χ0n) is 7.29. The first kappa shape index (κ1) is 8.85. The smallest absolute Gasteiger partial charge is 0.119 e. The zero-order chi connectivity index (χ0) is 8.81. The molecule has 1 nitrogen and oxygen atoms in total. The van der Waals surface area contributed by atoms with Crippen LogP contribution in [-0.2, 0) is 0 Å².